The van der Waals surface area contributed by atoms with Crippen LogP contribution < -0.4 is 0 Å². The Balaban J connectivity index is 2.00. The molecule has 0 unspecified atom stereocenters. The number of ether oxygens (including phenoxy) is 1. The van der Waals surface area contributed by atoms with Gasteiger partial charge in [-0.25, -0.2) is 4.79 Å². The van der Waals surface area contributed by atoms with E-state index in [1.165, 1.54) is 0 Å². The smallest absolute Gasteiger partial charge is 0.338 e. The van der Waals surface area contributed by atoms with Gasteiger partial charge in [-0.2, -0.15) is 0 Å². The maximum Gasteiger partial charge on any atom is 0.338 e. The average molecular weight is 296 g/mol. The van der Waals surface area contributed by atoms with Crippen molar-refractivity contribution < 1.29 is 14.1 Å². The Labute approximate surface area is 107 Å². The molecule has 4 nitrogen and oxygen atoms in total. The van der Waals surface area contributed by atoms with Crippen molar-refractivity contribution in [2.24, 2.45) is 0 Å². The zero-order chi connectivity index (χ0) is 12.3. The van der Waals surface area contributed by atoms with Crippen molar-refractivity contribution in [1.29, 1.82) is 0 Å². The van der Waals surface area contributed by atoms with Gasteiger partial charge in [0.15, 0.2) is 12.4 Å². The highest BCUT2D eigenvalue weighted by Gasteiger charge is 2.13. The van der Waals surface area contributed by atoms with Crippen LogP contribution in [0.15, 0.2) is 39.3 Å². The van der Waals surface area contributed by atoms with Gasteiger partial charge >= 0.3 is 5.97 Å². The van der Waals surface area contributed by atoms with Crippen molar-refractivity contribution in [3.05, 3.63) is 51.8 Å². The van der Waals surface area contributed by atoms with Crippen LogP contribution in [-0.2, 0) is 11.3 Å². The van der Waals surface area contributed by atoms with E-state index in [-0.39, 0.29) is 12.6 Å². The fourth-order valence-corrected chi connectivity index (χ4v) is 1.54. The standard InChI is InChI=1S/C12H10BrNO3/c1-8-11(13)10(17-14-8)7-16-12(15)9-5-3-2-4-6-9/h2-6H,7H2,1H3. The monoisotopic (exact) mass is 295 g/mol. The van der Waals surface area contributed by atoms with Crippen molar-refractivity contribution in [2.75, 3.05) is 0 Å². The third-order valence-corrected chi connectivity index (χ3v) is 3.22. The van der Waals surface area contributed by atoms with E-state index in [1.807, 2.05) is 6.07 Å². The summed E-state index contributed by atoms with van der Waals surface area (Å²) in [5.41, 5.74) is 1.25. The summed E-state index contributed by atoms with van der Waals surface area (Å²) >= 11 is 3.31. The molecule has 0 spiro atoms. The minimum Gasteiger partial charge on any atom is -0.454 e. The van der Waals surface area contributed by atoms with E-state index in [0.717, 1.165) is 10.2 Å². The lowest BCUT2D eigenvalue weighted by molar-refractivity contribution is 0.0436. The zero-order valence-electron chi connectivity index (χ0n) is 9.14. The number of carbonyl (C=O) groups is 1. The molecule has 2 aromatic rings. The van der Waals surface area contributed by atoms with Gasteiger partial charge in [-0.1, -0.05) is 23.4 Å². The second-order valence-corrected chi connectivity index (χ2v) is 4.24. The van der Waals surface area contributed by atoms with Gasteiger partial charge in [-0.3, -0.25) is 0 Å². The van der Waals surface area contributed by atoms with E-state index in [9.17, 15) is 4.79 Å². The predicted molar refractivity (Wildman–Crippen MR) is 64.5 cm³/mol. The molecule has 0 bridgehead atoms. The lowest BCUT2D eigenvalue weighted by Crippen LogP contribution is -2.04. The van der Waals surface area contributed by atoms with Gasteiger partial charge in [0.05, 0.1) is 15.7 Å². The van der Waals surface area contributed by atoms with Gasteiger partial charge in [0.2, 0.25) is 0 Å². The first-order valence-electron chi connectivity index (χ1n) is 5.01. The van der Waals surface area contributed by atoms with Crippen LogP contribution in [0.4, 0.5) is 0 Å². The molecular weight excluding hydrogens is 286 g/mol. The number of rotatable bonds is 3. The highest BCUT2D eigenvalue weighted by molar-refractivity contribution is 9.10. The molecule has 0 atom stereocenters. The fourth-order valence-electron chi connectivity index (χ4n) is 1.28. The van der Waals surface area contributed by atoms with E-state index < -0.39 is 0 Å². The minimum absolute atomic E-state index is 0.0646. The second kappa shape index (κ2) is 5.14. The molecule has 0 aliphatic rings. The van der Waals surface area contributed by atoms with Crippen LogP contribution in [-0.4, -0.2) is 11.1 Å². The van der Waals surface area contributed by atoms with E-state index in [0.29, 0.717) is 11.3 Å². The Kier molecular flexibility index (Phi) is 3.58. The molecule has 0 aliphatic heterocycles. The van der Waals surface area contributed by atoms with Crippen molar-refractivity contribution >= 4 is 21.9 Å². The van der Waals surface area contributed by atoms with Crippen molar-refractivity contribution in [3.63, 3.8) is 0 Å². The summed E-state index contributed by atoms with van der Waals surface area (Å²) in [5, 5.41) is 3.75. The molecule has 1 heterocycles. The first kappa shape index (κ1) is 11.9. The maximum atomic E-state index is 11.6. The molecule has 1 aromatic heterocycles. The zero-order valence-corrected chi connectivity index (χ0v) is 10.7. The number of hydrogen-bond donors (Lipinski definition) is 0. The summed E-state index contributed by atoms with van der Waals surface area (Å²) in [5.74, 6) is 0.123. The Bertz CT molecular complexity index is 522. The van der Waals surface area contributed by atoms with Crippen LogP contribution >= 0.6 is 15.9 Å². The van der Waals surface area contributed by atoms with Crippen molar-refractivity contribution in [2.45, 2.75) is 13.5 Å². The lowest BCUT2D eigenvalue weighted by atomic mass is 10.2. The summed E-state index contributed by atoms with van der Waals surface area (Å²) in [6.45, 7) is 1.87. The largest absolute Gasteiger partial charge is 0.454 e. The highest BCUT2D eigenvalue weighted by atomic mass is 79.9. The molecule has 0 amide bonds. The van der Waals surface area contributed by atoms with Crippen LogP contribution in [0.5, 0.6) is 0 Å². The molecule has 0 N–H and O–H groups in total. The van der Waals surface area contributed by atoms with Crippen LogP contribution in [0, 0.1) is 6.92 Å². The van der Waals surface area contributed by atoms with Crippen LogP contribution in [0.3, 0.4) is 0 Å². The Morgan fingerprint density at radius 3 is 2.71 bits per heavy atom. The molecule has 17 heavy (non-hydrogen) atoms. The molecule has 0 saturated heterocycles. The summed E-state index contributed by atoms with van der Waals surface area (Å²) in [4.78, 5) is 11.6. The van der Waals surface area contributed by atoms with E-state index in [4.69, 9.17) is 9.26 Å². The number of aryl methyl sites for hydroxylation is 1. The van der Waals surface area contributed by atoms with Crippen molar-refractivity contribution in [3.8, 4) is 0 Å². The first-order valence-corrected chi connectivity index (χ1v) is 5.80. The van der Waals surface area contributed by atoms with Gasteiger partial charge < -0.3 is 9.26 Å². The Morgan fingerprint density at radius 1 is 1.41 bits per heavy atom. The SMILES string of the molecule is Cc1noc(COC(=O)c2ccccc2)c1Br. The first-order chi connectivity index (χ1) is 8.18. The van der Waals surface area contributed by atoms with E-state index >= 15 is 0 Å². The Morgan fingerprint density at radius 2 is 2.12 bits per heavy atom. The molecule has 2 rings (SSSR count). The Hall–Kier alpha value is -1.62. The third-order valence-electron chi connectivity index (χ3n) is 2.20. The molecule has 1 aromatic carbocycles. The van der Waals surface area contributed by atoms with Gasteiger partial charge in [0, 0.05) is 0 Å². The number of nitrogens with zero attached hydrogens (tertiary/aromatic N) is 1. The summed E-state index contributed by atoms with van der Waals surface area (Å²) in [6, 6.07) is 8.80. The minimum atomic E-state index is -0.383. The molecule has 0 aliphatic carbocycles. The molecule has 88 valence electrons. The summed E-state index contributed by atoms with van der Waals surface area (Å²) < 4.78 is 10.8. The maximum absolute atomic E-state index is 11.6. The van der Waals surface area contributed by atoms with Crippen LogP contribution in [0.2, 0.25) is 0 Å². The van der Waals surface area contributed by atoms with Gasteiger partial charge in [-0.15, -0.1) is 0 Å². The molecular formula is C12H10BrNO3. The van der Waals surface area contributed by atoms with Crippen LogP contribution in [0.25, 0.3) is 0 Å². The number of benzene rings is 1. The quantitative estimate of drug-likeness (QED) is 0.817. The molecule has 5 heteroatoms. The molecule has 0 saturated carbocycles. The number of carbonyl (C=O) groups excluding carboxylic acids is 1. The molecule has 0 radical (unpaired) electrons. The molecule has 0 fully saturated rings. The highest BCUT2D eigenvalue weighted by Crippen LogP contribution is 2.21. The normalized spacial score (nSPS) is 10.2. The summed E-state index contributed by atoms with van der Waals surface area (Å²) in [6.07, 6.45) is 0. The van der Waals surface area contributed by atoms with Gasteiger partial charge in [-0.05, 0) is 35.0 Å². The number of aromatic nitrogens is 1. The lowest BCUT2D eigenvalue weighted by Gasteiger charge is -2.02. The van der Waals surface area contributed by atoms with Crippen LogP contribution in [0.1, 0.15) is 21.8 Å². The van der Waals surface area contributed by atoms with E-state index in [2.05, 4.69) is 21.1 Å². The number of esters is 1. The summed E-state index contributed by atoms with van der Waals surface area (Å²) in [7, 11) is 0. The fraction of sp³-hybridized carbons (Fsp3) is 0.167. The third kappa shape index (κ3) is 2.74. The average Bonchev–Trinajstić information content (AvgIpc) is 2.68. The topological polar surface area (TPSA) is 52.3 Å². The van der Waals surface area contributed by atoms with Crippen molar-refractivity contribution in [1.82, 2.24) is 5.16 Å². The van der Waals surface area contributed by atoms with Gasteiger partial charge in [0.1, 0.15) is 0 Å². The predicted octanol–water partition coefficient (Wildman–Crippen LogP) is 3.10. The number of halogens is 1. The second-order valence-electron chi connectivity index (χ2n) is 3.45. The van der Waals surface area contributed by atoms with E-state index in [1.54, 1.807) is 31.2 Å². The van der Waals surface area contributed by atoms with Gasteiger partial charge in [0.25, 0.3) is 0 Å². The number of hydrogen-bond acceptors (Lipinski definition) is 4.